The summed E-state index contributed by atoms with van der Waals surface area (Å²) in [6.07, 6.45) is 0. The van der Waals surface area contributed by atoms with Crippen LogP contribution in [-0.2, 0) is 0 Å². The van der Waals surface area contributed by atoms with Gasteiger partial charge in [0.25, 0.3) is 0 Å². The molecule has 0 spiro atoms. The van der Waals surface area contributed by atoms with Crippen LogP contribution in [0.25, 0.3) is 0 Å². The predicted molar refractivity (Wildman–Crippen MR) is 79.6 cm³/mol. The van der Waals surface area contributed by atoms with Gasteiger partial charge in [-0.2, -0.15) is 0 Å². The normalized spacial score (nSPS) is 12.3. The van der Waals surface area contributed by atoms with Gasteiger partial charge in [0.05, 0.1) is 0 Å². The predicted octanol–water partition coefficient (Wildman–Crippen LogP) is 2.79. The first kappa shape index (κ1) is 15.3. The van der Waals surface area contributed by atoms with E-state index in [4.69, 9.17) is 4.99 Å². The van der Waals surface area contributed by atoms with E-state index >= 15 is 0 Å². The van der Waals surface area contributed by atoms with Crippen LogP contribution < -0.4 is 9.21 Å². The molecule has 0 aliphatic rings. The van der Waals surface area contributed by atoms with Crippen molar-refractivity contribution < 1.29 is 0 Å². The van der Waals surface area contributed by atoms with Crippen molar-refractivity contribution in [3.63, 3.8) is 0 Å². The molecule has 3 heteroatoms. The molecule has 0 saturated carbocycles. The molecule has 3 radical (unpaired) electrons. The third kappa shape index (κ3) is 5.25. The van der Waals surface area contributed by atoms with Crippen LogP contribution in [0.15, 0.2) is 35.3 Å². The number of nitrogens with zero attached hydrogens (tertiary/aromatic N) is 2. The van der Waals surface area contributed by atoms with Crippen LogP contribution in [0.5, 0.6) is 0 Å². The van der Waals surface area contributed by atoms with Gasteiger partial charge in [-0.3, -0.25) is 0 Å². The minimum atomic E-state index is 0.596. The van der Waals surface area contributed by atoms with E-state index < -0.39 is 0 Å². The van der Waals surface area contributed by atoms with E-state index in [0.29, 0.717) is 11.8 Å². The number of anilines is 1. The molecule has 0 saturated heterocycles. The monoisotopic (exact) mass is 305 g/mol. The molecular weight excluding hydrogens is 281 g/mol. The molecule has 0 heterocycles. The Morgan fingerprint density at radius 1 is 1.06 bits per heavy atom. The van der Waals surface area contributed by atoms with Crippen molar-refractivity contribution in [1.82, 2.24) is 0 Å². The van der Waals surface area contributed by atoms with E-state index in [-0.39, 0.29) is 0 Å². The second kappa shape index (κ2) is 7.62. The summed E-state index contributed by atoms with van der Waals surface area (Å²) in [4.78, 5) is 4.73. The van der Waals surface area contributed by atoms with Gasteiger partial charge in [-0.25, -0.2) is 0 Å². The number of hydrogen-bond acceptors (Lipinski definition) is 2. The Balaban J connectivity index is 3.10. The van der Waals surface area contributed by atoms with Crippen molar-refractivity contribution in [2.24, 2.45) is 16.8 Å². The Morgan fingerprint density at radius 2 is 1.72 bits per heavy atom. The summed E-state index contributed by atoms with van der Waals surface area (Å²) < 4.78 is 2.30. The molecule has 0 aliphatic heterocycles. The first-order valence-corrected chi connectivity index (χ1v) is 7.53. The molecule has 1 rings (SSSR count). The molecular formula is C15H23GeN2. The molecule has 1 aromatic rings. The van der Waals surface area contributed by atoms with E-state index in [1.165, 1.54) is 5.69 Å². The summed E-state index contributed by atoms with van der Waals surface area (Å²) in [5.41, 5.74) is 1.22. The molecule has 0 aliphatic carbocycles. The molecule has 0 fully saturated rings. The van der Waals surface area contributed by atoms with Crippen molar-refractivity contribution >= 4 is 22.4 Å². The van der Waals surface area contributed by atoms with Crippen LogP contribution in [0.2, 0.25) is 0 Å². The van der Waals surface area contributed by atoms with Crippen molar-refractivity contribution in [3.05, 3.63) is 35.7 Å². The van der Waals surface area contributed by atoms with Crippen molar-refractivity contribution in [2.45, 2.75) is 27.7 Å². The van der Waals surface area contributed by atoms with E-state index in [9.17, 15) is 0 Å². The van der Waals surface area contributed by atoms with Gasteiger partial charge in [0.1, 0.15) is 0 Å². The average Bonchev–Trinajstić information content (AvgIpc) is 2.50. The van der Waals surface area contributed by atoms with Gasteiger partial charge in [0.2, 0.25) is 0 Å². The fourth-order valence-corrected chi connectivity index (χ4v) is 2.80. The molecule has 97 valence electrons. The first-order chi connectivity index (χ1) is 8.50. The summed E-state index contributed by atoms with van der Waals surface area (Å²) in [5.74, 6) is 1.25. The molecule has 0 atom stereocenters. The summed E-state index contributed by atoms with van der Waals surface area (Å²) in [7, 11) is 0. The topological polar surface area (TPSA) is 15.6 Å². The molecule has 0 bridgehead atoms. The first-order valence-electron chi connectivity index (χ1n) is 6.59. The number of rotatable bonds is 5. The van der Waals surface area contributed by atoms with Crippen molar-refractivity contribution in [1.29, 1.82) is 0 Å². The van der Waals surface area contributed by atoms with Crippen LogP contribution in [0, 0.1) is 11.8 Å². The Hall–Kier alpha value is -0.767. The third-order valence-corrected chi connectivity index (χ3v) is 3.35. The summed E-state index contributed by atoms with van der Waals surface area (Å²) in [6.45, 7) is 10.8. The zero-order valence-corrected chi connectivity index (χ0v) is 13.9. The minimum absolute atomic E-state index is 0.596. The third-order valence-electron chi connectivity index (χ3n) is 2.46. The van der Waals surface area contributed by atoms with Gasteiger partial charge >= 0.3 is 120 Å². The van der Waals surface area contributed by atoms with Crippen LogP contribution >= 0.6 is 0 Å². The molecule has 1 aromatic carbocycles. The zero-order valence-electron chi connectivity index (χ0n) is 11.9. The molecule has 0 aromatic heterocycles. The Labute approximate surface area is 120 Å². The molecule has 0 N–H and O–H groups in total. The van der Waals surface area contributed by atoms with Gasteiger partial charge < -0.3 is 0 Å². The fraction of sp³-hybridized carbons (Fsp3) is 0.533. The van der Waals surface area contributed by atoms with Crippen LogP contribution in [0.4, 0.5) is 5.69 Å². The quantitative estimate of drug-likeness (QED) is 0.764. The number of hydrogen-bond donors (Lipinski definition) is 0. The average molecular weight is 304 g/mol. The van der Waals surface area contributed by atoms with E-state index in [1.807, 2.05) is 0 Å². The maximum atomic E-state index is 4.73. The maximum absolute atomic E-state index is 4.73. The second-order valence-electron chi connectivity index (χ2n) is 5.42. The summed E-state index contributed by atoms with van der Waals surface area (Å²) >= 11 is 2.14. The van der Waals surface area contributed by atoms with E-state index in [0.717, 1.165) is 18.4 Å². The second-order valence-corrected chi connectivity index (χ2v) is 6.55. The zero-order chi connectivity index (χ0) is 13.5. The van der Waals surface area contributed by atoms with Gasteiger partial charge in [-0.05, 0) is 0 Å². The Morgan fingerprint density at radius 3 is 2.33 bits per heavy atom. The van der Waals surface area contributed by atoms with Crippen LogP contribution in [-0.4, -0.2) is 29.8 Å². The Bertz CT molecular complexity index is 427. The van der Waals surface area contributed by atoms with Crippen LogP contribution in [0.3, 0.4) is 0 Å². The van der Waals surface area contributed by atoms with Gasteiger partial charge in [-0.15, -0.1) is 0 Å². The van der Waals surface area contributed by atoms with Crippen molar-refractivity contribution in [3.8, 4) is 0 Å². The SMILES string of the molecule is CC(C)CN=c1cccccc1[N]([Ge])CC(C)C. The van der Waals surface area contributed by atoms with Crippen LogP contribution in [0.1, 0.15) is 27.7 Å². The van der Waals surface area contributed by atoms with E-state index in [2.05, 4.69) is 78.6 Å². The fourth-order valence-electron chi connectivity index (χ4n) is 1.63. The standard InChI is InChI=1S/C15H23GeN2/c1-12(2)10-17-14-8-6-5-7-9-15(14)18(16)11-13(3)4/h5-9,12-13H,10-11H2,1-4H3. The van der Waals surface area contributed by atoms with Gasteiger partial charge in [0.15, 0.2) is 0 Å². The molecule has 0 unspecified atom stereocenters. The Kier molecular flexibility index (Phi) is 6.47. The van der Waals surface area contributed by atoms with E-state index in [1.54, 1.807) is 0 Å². The summed E-state index contributed by atoms with van der Waals surface area (Å²) in [5, 5.41) is 1.09. The molecule has 0 amide bonds. The van der Waals surface area contributed by atoms with Crippen molar-refractivity contribution in [2.75, 3.05) is 16.9 Å². The van der Waals surface area contributed by atoms with Gasteiger partial charge in [-0.1, -0.05) is 0 Å². The molecule has 2 nitrogen and oxygen atoms in total. The summed E-state index contributed by atoms with van der Waals surface area (Å²) in [6, 6.07) is 10.5. The van der Waals surface area contributed by atoms with Gasteiger partial charge in [0, 0.05) is 0 Å². The molecule has 18 heavy (non-hydrogen) atoms.